The Morgan fingerprint density at radius 3 is 2.58 bits per heavy atom. The van der Waals surface area contributed by atoms with Crippen molar-refractivity contribution >= 4 is 17.3 Å². The van der Waals surface area contributed by atoms with Gasteiger partial charge in [0.15, 0.2) is 0 Å². The lowest BCUT2D eigenvalue weighted by Gasteiger charge is -2.34. The molecule has 1 fully saturated rings. The SMILES string of the molecule is CCCC1CCN(c2ccc([C@H](C)N)cc2Cl)CC1. The molecule has 19 heavy (non-hydrogen) atoms. The summed E-state index contributed by atoms with van der Waals surface area (Å²) in [4.78, 5) is 2.42. The average molecular weight is 281 g/mol. The first-order chi connectivity index (χ1) is 9.11. The first-order valence-corrected chi connectivity index (χ1v) is 7.79. The van der Waals surface area contributed by atoms with E-state index in [-0.39, 0.29) is 6.04 Å². The van der Waals surface area contributed by atoms with Crippen LogP contribution >= 0.6 is 11.6 Å². The monoisotopic (exact) mass is 280 g/mol. The Bertz CT molecular complexity index is 409. The van der Waals surface area contributed by atoms with Crippen molar-refractivity contribution in [1.82, 2.24) is 0 Å². The highest BCUT2D eigenvalue weighted by molar-refractivity contribution is 6.33. The van der Waals surface area contributed by atoms with E-state index in [4.69, 9.17) is 17.3 Å². The molecule has 1 aromatic carbocycles. The summed E-state index contributed by atoms with van der Waals surface area (Å²) in [5, 5.41) is 0.837. The van der Waals surface area contributed by atoms with Gasteiger partial charge >= 0.3 is 0 Å². The molecule has 0 radical (unpaired) electrons. The summed E-state index contributed by atoms with van der Waals surface area (Å²) in [6, 6.07) is 6.28. The van der Waals surface area contributed by atoms with Gasteiger partial charge in [0.05, 0.1) is 10.7 Å². The molecule has 106 valence electrons. The predicted octanol–water partition coefficient (Wildman–Crippen LogP) is 4.38. The number of piperidine rings is 1. The van der Waals surface area contributed by atoms with Crippen molar-refractivity contribution in [2.75, 3.05) is 18.0 Å². The van der Waals surface area contributed by atoms with Crippen LogP contribution in [0, 0.1) is 5.92 Å². The van der Waals surface area contributed by atoms with Crippen molar-refractivity contribution in [2.45, 2.75) is 45.6 Å². The van der Waals surface area contributed by atoms with Crippen molar-refractivity contribution in [2.24, 2.45) is 11.7 Å². The predicted molar refractivity (Wildman–Crippen MR) is 83.9 cm³/mol. The molecule has 2 N–H and O–H groups in total. The lowest BCUT2D eigenvalue weighted by atomic mass is 9.92. The fraction of sp³-hybridized carbons (Fsp3) is 0.625. The first-order valence-electron chi connectivity index (χ1n) is 7.41. The zero-order valence-electron chi connectivity index (χ0n) is 12.0. The highest BCUT2D eigenvalue weighted by Gasteiger charge is 2.20. The van der Waals surface area contributed by atoms with Gasteiger partial charge in [-0.05, 0) is 43.4 Å². The Morgan fingerprint density at radius 1 is 1.37 bits per heavy atom. The Balaban J connectivity index is 2.03. The number of nitrogens with two attached hydrogens (primary N) is 1. The van der Waals surface area contributed by atoms with E-state index in [1.165, 1.54) is 31.4 Å². The molecule has 1 aliphatic rings. The van der Waals surface area contributed by atoms with Gasteiger partial charge in [0.1, 0.15) is 0 Å². The van der Waals surface area contributed by atoms with Crippen LogP contribution in [-0.4, -0.2) is 13.1 Å². The number of rotatable bonds is 4. The Labute approximate surface area is 121 Å². The number of anilines is 1. The Kier molecular flexibility index (Phi) is 5.12. The maximum absolute atomic E-state index is 6.41. The van der Waals surface area contributed by atoms with E-state index in [1.54, 1.807) is 0 Å². The zero-order valence-corrected chi connectivity index (χ0v) is 12.8. The van der Waals surface area contributed by atoms with Crippen molar-refractivity contribution in [3.63, 3.8) is 0 Å². The summed E-state index contributed by atoms with van der Waals surface area (Å²) >= 11 is 6.41. The van der Waals surface area contributed by atoms with Gasteiger partial charge in [-0.15, -0.1) is 0 Å². The van der Waals surface area contributed by atoms with Gasteiger partial charge in [0.2, 0.25) is 0 Å². The van der Waals surface area contributed by atoms with Gasteiger partial charge in [-0.3, -0.25) is 0 Å². The molecule has 0 spiro atoms. The molecule has 2 nitrogen and oxygen atoms in total. The van der Waals surface area contributed by atoms with Crippen molar-refractivity contribution < 1.29 is 0 Å². The van der Waals surface area contributed by atoms with Crippen LogP contribution in [0.4, 0.5) is 5.69 Å². The molecule has 1 heterocycles. The third-order valence-electron chi connectivity index (χ3n) is 4.15. The van der Waals surface area contributed by atoms with Gasteiger partial charge < -0.3 is 10.6 Å². The molecule has 0 saturated carbocycles. The van der Waals surface area contributed by atoms with E-state index in [1.807, 2.05) is 13.0 Å². The Hall–Kier alpha value is -0.730. The third-order valence-corrected chi connectivity index (χ3v) is 4.45. The van der Waals surface area contributed by atoms with Gasteiger partial charge in [0, 0.05) is 19.1 Å². The molecule has 0 amide bonds. The lowest BCUT2D eigenvalue weighted by molar-refractivity contribution is 0.378. The summed E-state index contributed by atoms with van der Waals surface area (Å²) in [7, 11) is 0. The maximum Gasteiger partial charge on any atom is 0.0642 e. The lowest BCUT2D eigenvalue weighted by Crippen LogP contribution is -2.33. The first kappa shape index (κ1) is 14.7. The molecule has 1 atom stereocenters. The highest BCUT2D eigenvalue weighted by atomic mass is 35.5. The minimum Gasteiger partial charge on any atom is -0.370 e. The molecule has 0 aliphatic carbocycles. The second-order valence-electron chi connectivity index (χ2n) is 5.72. The summed E-state index contributed by atoms with van der Waals surface area (Å²) in [6.45, 7) is 6.52. The van der Waals surface area contributed by atoms with Crippen LogP contribution in [0.25, 0.3) is 0 Å². The van der Waals surface area contributed by atoms with Crippen LogP contribution in [0.1, 0.15) is 51.1 Å². The topological polar surface area (TPSA) is 29.3 Å². The summed E-state index contributed by atoms with van der Waals surface area (Å²) in [5.41, 5.74) is 8.16. The van der Waals surface area contributed by atoms with Gasteiger partial charge in [-0.2, -0.15) is 0 Å². The third kappa shape index (κ3) is 3.64. The molecule has 0 aromatic heterocycles. The number of hydrogen-bond acceptors (Lipinski definition) is 2. The van der Waals surface area contributed by atoms with Crippen LogP contribution in [0.15, 0.2) is 18.2 Å². The second-order valence-corrected chi connectivity index (χ2v) is 6.13. The maximum atomic E-state index is 6.41. The second kappa shape index (κ2) is 6.62. The quantitative estimate of drug-likeness (QED) is 0.887. The molecular weight excluding hydrogens is 256 g/mol. The van der Waals surface area contributed by atoms with E-state index in [0.717, 1.165) is 29.6 Å². The zero-order chi connectivity index (χ0) is 13.8. The fourth-order valence-electron chi connectivity index (χ4n) is 2.93. The van der Waals surface area contributed by atoms with E-state index in [0.29, 0.717) is 0 Å². The van der Waals surface area contributed by atoms with Crippen molar-refractivity contribution in [3.8, 4) is 0 Å². The number of halogens is 1. The minimum absolute atomic E-state index is 0.0434. The van der Waals surface area contributed by atoms with E-state index in [9.17, 15) is 0 Å². The van der Waals surface area contributed by atoms with E-state index >= 15 is 0 Å². The number of benzene rings is 1. The van der Waals surface area contributed by atoms with Gasteiger partial charge in [-0.25, -0.2) is 0 Å². The molecule has 1 aromatic rings. The van der Waals surface area contributed by atoms with Crippen molar-refractivity contribution in [1.29, 1.82) is 0 Å². The van der Waals surface area contributed by atoms with Crippen molar-refractivity contribution in [3.05, 3.63) is 28.8 Å². The summed E-state index contributed by atoms with van der Waals surface area (Å²) in [6.07, 6.45) is 5.25. The summed E-state index contributed by atoms with van der Waals surface area (Å²) < 4.78 is 0. The van der Waals surface area contributed by atoms with Crippen LogP contribution in [0.2, 0.25) is 5.02 Å². The smallest absolute Gasteiger partial charge is 0.0642 e. The molecule has 3 heteroatoms. The average Bonchev–Trinajstić information content (AvgIpc) is 2.40. The fourth-order valence-corrected chi connectivity index (χ4v) is 3.24. The van der Waals surface area contributed by atoms with Crippen LogP contribution in [0.5, 0.6) is 0 Å². The molecular formula is C16H25ClN2. The number of hydrogen-bond donors (Lipinski definition) is 1. The van der Waals surface area contributed by atoms with Gasteiger partial charge in [-0.1, -0.05) is 37.4 Å². The normalized spacial score (nSPS) is 18.6. The van der Waals surface area contributed by atoms with Crippen LogP contribution in [-0.2, 0) is 0 Å². The highest BCUT2D eigenvalue weighted by Crippen LogP contribution is 2.32. The Morgan fingerprint density at radius 2 is 2.05 bits per heavy atom. The van der Waals surface area contributed by atoms with E-state index in [2.05, 4.69) is 24.0 Å². The molecule has 1 saturated heterocycles. The molecule has 0 unspecified atom stereocenters. The standard InChI is InChI=1S/C16H25ClN2/c1-3-4-13-7-9-19(10-8-13)16-6-5-14(12(2)18)11-15(16)17/h5-6,11-13H,3-4,7-10,18H2,1-2H3/t12-/m0/s1. The minimum atomic E-state index is 0.0434. The largest absolute Gasteiger partial charge is 0.370 e. The summed E-state index contributed by atoms with van der Waals surface area (Å²) in [5.74, 6) is 0.906. The number of nitrogens with zero attached hydrogens (tertiary/aromatic N) is 1. The molecule has 2 rings (SSSR count). The van der Waals surface area contributed by atoms with Gasteiger partial charge in [0.25, 0.3) is 0 Å². The molecule has 1 aliphatic heterocycles. The van der Waals surface area contributed by atoms with Crippen LogP contribution < -0.4 is 10.6 Å². The van der Waals surface area contributed by atoms with Crippen LogP contribution in [0.3, 0.4) is 0 Å². The van der Waals surface area contributed by atoms with E-state index < -0.39 is 0 Å². The molecule has 0 bridgehead atoms.